The number of rotatable bonds is 7. The van der Waals surface area contributed by atoms with Crippen molar-refractivity contribution in [1.29, 1.82) is 0 Å². The summed E-state index contributed by atoms with van der Waals surface area (Å²) >= 11 is 0. The third kappa shape index (κ3) is 8.18. The molecule has 0 heterocycles. The first-order valence-corrected chi connectivity index (χ1v) is 5.59. The van der Waals surface area contributed by atoms with E-state index in [0.29, 0.717) is 12.6 Å². The van der Waals surface area contributed by atoms with Gasteiger partial charge in [-0.25, -0.2) is 4.79 Å². The predicted octanol–water partition coefficient (Wildman–Crippen LogP) is 2.43. The standard InChI is InChI=1S/C12H23NO2/c1-5-9(2)6-11(4)13-8-10(3)7-12(14)15/h7,9,11,13H,5-6,8H2,1-4H3,(H,14,15). The fraction of sp³-hybridized carbons (Fsp3) is 0.750. The molecule has 0 aromatic carbocycles. The van der Waals surface area contributed by atoms with Gasteiger partial charge in [0.1, 0.15) is 0 Å². The third-order valence-corrected chi connectivity index (χ3v) is 2.55. The third-order valence-electron chi connectivity index (χ3n) is 2.55. The lowest BCUT2D eigenvalue weighted by Crippen LogP contribution is -2.29. The van der Waals surface area contributed by atoms with Crippen LogP contribution < -0.4 is 5.32 Å². The number of hydrogen-bond donors (Lipinski definition) is 2. The lowest BCUT2D eigenvalue weighted by Gasteiger charge is -2.17. The van der Waals surface area contributed by atoms with Crippen LogP contribution in [0.5, 0.6) is 0 Å². The highest BCUT2D eigenvalue weighted by molar-refractivity contribution is 5.80. The molecule has 0 radical (unpaired) electrons. The molecule has 0 fully saturated rings. The Morgan fingerprint density at radius 2 is 2.07 bits per heavy atom. The first-order chi connectivity index (χ1) is 6.95. The van der Waals surface area contributed by atoms with Crippen molar-refractivity contribution >= 4 is 5.97 Å². The van der Waals surface area contributed by atoms with Crippen LogP contribution in [0.15, 0.2) is 11.6 Å². The summed E-state index contributed by atoms with van der Waals surface area (Å²) in [4.78, 5) is 10.4. The van der Waals surface area contributed by atoms with Gasteiger partial charge in [-0.1, -0.05) is 25.8 Å². The molecule has 0 aromatic heterocycles. The molecule has 0 aromatic rings. The Balaban J connectivity index is 3.80. The average molecular weight is 213 g/mol. The molecule has 15 heavy (non-hydrogen) atoms. The summed E-state index contributed by atoms with van der Waals surface area (Å²) in [7, 11) is 0. The van der Waals surface area contributed by atoms with Crippen molar-refractivity contribution in [2.24, 2.45) is 5.92 Å². The molecule has 0 bridgehead atoms. The summed E-state index contributed by atoms with van der Waals surface area (Å²) in [6.45, 7) is 9.05. The topological polar surface area (TPSA) is 49.3 Å². The van der Waals surface area contributed by atoms with E-state index in [1.165, 1.54) is 12.5 Å². The lowest BCUT2D eigenvalue weighted by atomic mass is 10.0. The summed E-state index contributed by atoms with van der Waals surface area (Å²) in [5.41, 5.74) is 0.860. The minimum absolute atomic E-state index is 0.442. The maximum absolute atomic E-state index is 10.4. The average Bonchev–Trinajstić information content (AvgIpc) is 2.13. The first kappa shape index (κ1) is 14.2. The van der Waals surface area contributed by atoms with Crippen molar-refractivity contribution in [1.82, 2.24) is 5.32 Å². The molecule has 0 amide bonds. The highest BCUT2D eigenvalue weighted by atomic mass is 16.4. The molecule has 3 heteroatoms. The van der Waals surface area contributed by atoms with Gasteiger partial charge in [-0.3, -0.25) is 0 Å². The predicted molar refractivity (Wildman–Crippen MR) is 62.9 cm³/mol. The molecule has 0 aliphatic rings. The second-order valence-electron chi connectivity index (χ2n) is 4.36. The second-order valence-corrected chi connectivity index (χ2v) is 4.36. The summed E-state index contributed by atoms with van der Waals surface area (Å²) in [5, 5.41) is 11.8. The Morgan fingerprint density at radius 3 is 2.53 bits per heavy atom. The summed E-state index contributed by atoms with van der Waals surface area (Å²) in [6.07, 6.45) is 3.58. The lowest BCUT2D eigenvalue weighted by molar-refractivity contribution is -0.131. The van der Waals surface area contributed by atoms with Crippen molar-refractivity contribution in [3.63, 3.8) is 0 Å². The Hall–Kier alpha value is -0.830. The van der Waals surface area contributed by atoms with Gasteiger partial charge in [0.25, 0.3) is 0 Å². The highest BCUT2D eigenvalue weighted by Gasteiger charge is 2.06. The largest absolute Gasteiger partial charge is 0.478 e. The van der Waals surface area contributed by atoms with Gasteiger partial charge in [0, 0.05) is 18.7 Å². The molecule has 0 aliphatic heterocycles. The molecule has 2 N–H and O–H groups in total. The monoisotopic (exact) mass is 213 g/mol. The molecular weight excluding hydrogens is 190 g/mol. The van der Waals surface area contributed by atoms with Crippen molar-refractivity contribution in [2.45, 2.75) is 46.6 Å². The van der Waals surface area contributed by atoms with E-state index < -0.39 is 5.97 Å². The number of hydrogen-bond acceptors (Lipinski definition) is 2. The van der Waals surface area contributed by atoms with Gasteiger partial charge in [-0.05, 0) is 26.2 Å². The van der Waals surface area contributed by atoms with E-state index in [1.54, 1.807) is 0 Å². The molecule has 0 spiro atoms. The van der Waals surface area contributed by atoms with Crippen LogP contribution in [-0.4, -0.2) is 23.7 Å². The van der Waals surface area contributed by atoms with Crippen LogP contribution in [0.2, 0.25) is 0 Å². The molecule has 0 aliphatic carbocycles. The van der Waals surface area contributed by atoms with Gasteiger partial charge in [0.2, 0.25) is 0 Å². The summed E-state index contributed by atoms with van der Waals surface area (Å²) in [5.74, 6) is -0.153. The van der Waals surface area contributed by atoms with Crippen molar-refractivity contribution < 1.29 is 9.90 Å². The number of nitrogens with one attached hydrogen (secondary N) is 1. The van der Waals surface area contributed by atoms with Crippen LogP contribution in [-0.2, 0) is 4.79 Å². The van der Waals surface area contributed by atoms with E-state index in [9.17, 15) is 4.79 Å². The molecule has 3 nitrogen and oxygen atoms in total. The van der Waals surface area contributed by atoms with Gasteiger partial charge in [0.05, 0.1) is 0 Å². The number of carbonyl (C=O) groups is 1. The normalized spacial score (nSPS) is 16.1. The minimum Gasteiger partial charge on any atom is -0.478 e. The van der Waals surface area contributed by atoms with Crippen LogP contribution >= 0.6 is 0 Å². The number of carboxylic acids is 1. The maximum atomic E-state index is 10.4. The second kappa shape index (κ2) is 7.46. The maximum Gasteiger partial charge on any atom is 0.328 e. The zero-order chi connectivity index (χ0) is 11.8. The Morgan fingerprint density at radius 1 is 1.47 bits per heavy atom. The minimum atomic E-state index is -0.871. The smallest absolute Gasteiger partial charge is 0.328 e. The van der Waals surface area contributed by atoms with Crippen molar-refractivity contribution in [3.05, 3.63) is 11.6 Å². The molecule has 2 atom stereocenters. The van der Waals surface area contributed by atoms with Crippen LogP contribution in [0.1, 0.15) is 40.5 Å². The number of aliphatic carboxylic acids is 1. The van der Waals surface area contributed by atoms with Crippen LogP contribution in [0.4, 0.5) is 0 Å². The van der Waals surface area contributed by atoms with Gasteiger partial charge in [0.15, 0.2) is 0 Å². The number of carboxylic acid groups (broad SMARTS) is 1. The fourth-order valence-electron chi connectivity index (χ4n) is 1.45. The first-order valence-electron chi connectivity index (χ1n) is 5.59. The van der Waals surface area contributed by atoms with Gasteiger partial charge in [-0.2, -0.15) is 0 Å². The molecule has 88 valence electrons. The van der Waals surface area contributed by atoms with Crippen LogP contribution in [0.3, 0.4) is 0 Å². The molecule has 0 rings (SSSR count). The molecule has 0 saturated carbocycles. The Kier molecular flexibility index (Phi) is 7.05. The Labute approximate surface area is 92.6 Å². The molecular formula is C12H23NO2. The van der Waals surface area contributed by atoms with E-state index in [1.807, 2.05) is 6.92 Å². The van der Waals surface area contributed by atoms with E-state index in [-0.39, 0.29) is 0 Å². The van der Waals surface area contributed by atoms with E-state index >= 15 is 0 Å². The molecule has 2 unspecified atom stereocenters. The quantitative estimate of drug-likeness (QED) is 0.639. The summed E-state index contributed by atoms with van der Waals surface area (Å²) < 4.78 is 0. The fourth-order valence-corrected chi connectivity index (χ4v) is 1.45. The summed E-state index contributed by atoms with van der Waals surface area (Å²) in [6, 6.07) is 0.442. The zero-order valence-electron chi connectivity index (χ0n) is 10.2. The van der Waals surface area contributed by atoms with Gasteiger partial charge >= 0.3 is 5.97 Å². The van der Waals surface area contributed by atoms with Crippen LogP contribution in [0, 0.1) is 5.92 Å². The van der Waals surface area contributed by atoms with Crippen molar-refractivity contribution in [3.8, 4) is 0 Å². The SMILES string of the molecule is CCC(C)CC(C)NCC(C)=CC(=O)O. The van der Waals surface area contributed by atoms with Gasteiger partial charge < -0.3 is 10.4 Å². The van der Waals surface area contributed by atoms with E-state index in [0.717, 1.165) is 17.9 Å². The van der Waals surface area contributed by atoms with Gasteiger partial charge in [-0.15, -0.1) is 0 Å². The van der Waals surface area contributed by atoms with Crippen molar-refractivity contribution in [2.75, 3.05) is 6.54 Å². The van der Waals surface area contributed by atoms with Crippen LogP contribution in [0.25, 0.3) is 0 Å². The molecule has 0 saturated heterocycles. The van der Waals surface area contributed by atoms with E-state index in [2.05, 4.69) is 26.1 Å². The Bertz CT molecular complexity index is 224. The highest BCUT2D eigenvalue weighted by Crippen LogP contribution is 2.09. The zero-order valence-corrected chi connectivity index (χ0v) is 10.2. The van der Waals surface area contributed by atoms with E-state index in [4.69, 9.17) is 5.11 Å².